The summed E-state index contributed by atoms with van der Waals surface area (Å²) in [5, 5.41) is 4.15. The number of rotatable bonds is 2. The van der Waals surface area contributed by atoms with Gasteiger partial charge >= 0.3 is 0 Å². The van der Waals surface area contributed by atoms with Crippen LogP contribution in [-0.4, -0.2) is 35.7 Å². The van der Waals surface area contributed by atoms with Gasteiger partial charge in [0.2, 0.25) is 6.10 Å². The quantitative estimate of drug-likeness (QED) is 0.842. The second kappa shape index (κ2) is 6.02. The molecule has 2 aliphatic rings. The zero-order valence-corrected chi connectivity index (χ0v) is 12.3. The molecule has 0 radical (unpaired) electrons. The monoisotopic (exact) mass is 310 g/mol. The van der Waals surface area contributed by atoms with Crippen LogP contribution in [0.15, 0.2) is 23.4 Å². The minimum absolute atomic E-state index is 0.0686. The van der Waals surface area contributed by atoms with Crippen molar-refractivity contribution in [3.05, 3.63) is 34.6 Å². The van der Waals surface area contributed by atoms with E-state index < -0.39 is 11.9 Å². The van der Waals surface area contributed by atoms with E-state index in [1.807, 2.05) is 0 Å². The lowest BCUT2D eigenvalue weighted by Gasteiger charge is -2.28. The van der Waals surface area contributed by atoms with Crippen LogP contribution >= 0.6 is 11.6 Å². The number of carbonyl (C=O) groups is 1. The largest absolute Gasteiger partial charge is 0.382 e. The van der Waals surface area contributed by atoms with Crippen LogP contribution in [0.2, 0.25) is 5.02 Å². The fourth-order valence-electron chi connectivity index (χ4n) is 2.75. The van der Waals surface area contributed by atoms with Crippen molar-refractivity contribution >= 4 is 23.2 Å². The highest BCUT2D eigenvalue weighted by Crippen LogP contribution is 2.26. The molecule has 1 atom stereocenters. The third-order valence-electron chi connectivity index (χ3n) is 3.86. The number of hydrogen-bond acceptors (Lipinski definition) is 3. The van der Waals surface area contributed by atoms with E-state index in [4.69, 9.17) is 16.4 Å². The van der Waals surface area contributed by atoms with Crippen LogP contribution in [0.4, 0.5) is 4.39 Å². The maximum Gasteiger partial charge on any atom is 0.266 e. The Morgan fingerprint density at radius 1 is 1.33 bits per heavy atom. The van der Waals surface area contributed by atoms with Crippen molar-refractivity contribution in [2.45, 2.75) is 31.8 Å². The van der Waals surface area contributed by atoms with Crippen LogP contribution in [0.25, 0.3) is 0 Å². The molecule has 1 aromatic rings. The van der Waals surface area contributed by atoms with Gasteiger partial charge in [0.1, 0.15) is 5.82 Å². The molecule has 2 heterocycles. The van der Waals surface area contributed by atoms with Crippen LogP contribution in [0, 0.1) is 5.82 Å². The zero-order chi connectivity index (χ0) is 14.8. The van der Waals surface area contributed by atoms with E-state index in [2.05, 4.69) is 5.16 Å². The molecule has 1 amide bonds. The van der Waals surface area contributed by atoms with Gasteiger partial charge in [0.05, 0.1) is 16.3 Å². The van der Waals surface area contributed by atoms with Gasteiger partial charge in [-0.05, 0) is 31.4 Å². The van der Waals surface area contributed by atoms with Gasteiger partial charge in [-0.1, -0.05) is 22.8 Å². The highest BCUT2D eigenvalue weighted by Gasteiger charge is 2.34. The number of halogens is 2. The maximum atomic E-state index is 13.9. The van der Waals surface area contributed by atoms with Crippen LogP contribution in [0.1, 0.15) is 31.2 Å². The molecule has 0 saturated carbocycles. The molecule has 1 fully saturated rings. The fourth-order valence-corrected chi connectivity index (χ4v) is 3.02. The molecular weight excluding hydrogens is 295 g/mol. The first-order valence-corrected chi connectivity index (χ1v) is 7.50. The summed E-state index contributed by atoms with van der Waals surface area (Å²) in [6.45, 7) is 1.52. The molecule has 0 N–H and O–H groups in total. The Hall–Kier alpha value is -1.62. The summed E-state index contributed by atoms with van der Waals surface area (Å²) in [7, 11) is 0. The number of hydrogen-bond donors (Lipinski definition) is 0. The molecule has 112 valence electrons. The number of nitrogens with zero attached hydrogens (tertiary/aromatic N) is 2. The topological polar surface area (TPSA) is 41.9 Å². The van der Waals surface area contributed by atoms with E-state index in [-0.39, 0.29) is 22.9 Å². The van der Waals surface area contributed by atoms with Crippen molar-refractivity contribution in [2.24, 2.45) is 5.16 Å². The third kappa shape index (κ3) is 2.88. The summed E-state index contributed by atoms with van der Waals surface area (Å²) in [5.74, 6) is -0.517. The minimum Gasteiger partial charge on any atom is -0.382 e. The Balaban J connectivity index is 1.71. The van der Waals surface area contributed by atoms with Gasteiger partial charge in [-0.3, -0.25) is 4.79 Å². The fraction of sp³-hybridized carbons (Fsp3) is 0.467. The van der Waals surface area contributed by atoms with Crippen LogP contribution < -0.4 is 0 Å². The van der Waals surface area contributed by atoms with Gasteiger partial charge in [-0.2, -0.15) is 0 Å². The average molecular weight is 311 g/mol. The number of piperidine rings is 1. The van der Waals surface area contributed by atoms with E-state index in [0.29, 0.717) is 5.71 Å². The van der Waals surface area contributed by atoms with E-state index >= 15 is 0 Å². The SMILES string of the molecule is O=C([C@H]1CC(c2c(F)cccc2Cl)=NO1)N1CCCCC1. The Kier molecular flexibility index (Phi) is 4.10. The van der Waals surface area contributed by atoms with Crippen LogP contribution in [0.3, 0.4) is 0 Å². The van der Waals surface area contributed by atoms with E-state index in [9.17, 15) is 9.18 Å². The molecule has 6 heteroatoms. The first-order chi connectivity index (χ1) is 10.2. The molecule has 21 heavy (non-hydrogen) atoms. The molecule has 0 aliphatic carbocycles. The zero-order valence-electron chi connectivity index (χ0n) is 11.5. The number of likely N-dealkylation sites (tertiary alicyclic amines) is 1. The number of carbonyl (C=O) groups excluding carboxylic acids is 1. The molecule has 0 spiro atoms. The predicted molar refractivity (Wildman–Crippen MR) is 77.9 cm³/mol. The first-order valence-electron chi connectivity index (χ1n) is 7.12. The standard InChI is InChI=1S/C15H16ClFN2O2/c16-10-5-4-6-11(17)14(10)12-9-13(21-18-12)15(20)19-7-2-1-3-8-19/h4-6,13H,1-3,7-9H2/t13-/m1/s1. The maximum absolute atomic E-state index is 13.9. The highest BCUT2D eigenvalue weighted by molar-refractivity contribution is 6.34. The molecular formula is C15H16ClFN2O2. The Bertz CT molecular complexity index is 565. The van der Waals surface area contributed by atoms with Gasteiger partial charge in [0, 0.05) is 19.5 Å². The first kappa shape index (κ1) is 14.3. The number of benzene rings is 1. The van der Waals surface area contributed by atoms with Crippen molar-refractivity contribution in [1.29, 1.82) is 0 Å². The van der Waals surface area contributed by atoms with Crippen molar-refractivity contribution in [3.8, 4) is 0 Å². The smallest absolute Gasteiger partial charge is 0.266 e. The predicted octanol–water partition coefficient (Wildman–Crippen LogP) is 2.98. The van der Waals surface area contributed by atoms with E-state index in [1.54, 1.807) is 11.0 Å². The number of oxime groups is 1. The van der Waals surface area contributed by atoms with Crippen LogP contribution in [0.5, 0.6) is 0 Å². The molecule has 0 bridgehead atoms. The molecule has 4 nitrogen and oxygen atoms in total. The normalized spacial score (nSPS) is 21.9. The van der Waals surface area contributed by atoms with Gasteiger partial charge in [-0.15, -0.1) is 0 Å². The summed E-state index contributed by atoms with van der Waals surface area (Å²) in [6, 6.07) is 4.46. The second-order valence-electron chi connectivity index (χ2n) is 5.32. The van der Waals surface area contributed by atoms with E-state index in [1.165, 1.54) is 12.1 Å². The highest BCUT2D eigenvalue weighted by atomic mass is 35.5. The number of amides is 1. The lowest BCUT2D eigenvalue weighted by atomic mass is 10.0. The molecule has 2 aliphatic heterocycles. The van der Waals surface area contributed by atoms with Crippen LogP contribution in [-0.2, 0) is 9.63 Å². The van der Waals surface area contributed by atoms with E-state index in [0.717, 1.165) is 32.4 Å². The molecule has 0 aromatic heterocycles. The molecule has 0 unspecified atom stereocenters. The van der Waals surface area contributed by atoms with Crippen molar-refractivity contribution in [2.75, 3.05) is 13.1 Å². The summed E-state index contributed by atoms with van der Waals surface area (Å²) in [5.41, 5.74) is 0.626. The summed E-state index contributed by atoms with van der Waals surface area (Å²) in [4.78, 5) is 19.4. The van der Waals surface area contributed by atoms with Crippen molar-refractivity contribution in [3.63, 3.8) is 0 Å². The Labute approximate surface area is 127 Å². The Morgan fingerprint density at radius 3 is 2.81 bits per heavy atom. The molecule has 1 aromatic carbocycles. The van der Waals surface area contributed by atoms with Gasteiger partial charge in [-0.25, -0.2) is 4.39 Å². The van der Waals surface area contributed by atoms with Crippen molar-refractivity contribution < 1.29 is 14.0 Å². The third-order valence-corrected chi connectivity index (χ3v) is 4.18. The van der Waals surface area contributed by atoms with Crippen molar-refractivity contribution in [1.82, 2.24) is 4.90 Å². The minimum atomic E-state index is -0.659. The summed E-state index contributed by atoms with van der Waals surface area (Å²) in [6.07, 6.45) is 2.79. The van der Waals surface area contributed by atoms with Gasteiger partial charge in [0.25, 0.3) is 5.91 Å². The van der Waals surface area contributed by atoms with Gasteiger partial charge in [0.15, 0.2) is 0 Å². The molecule has 3 rings (SSSR count). The second-order valence-corrected chi connectivity index (χ2v) is 5.73. The van der Waals surface area contributed by atoms with Gasteiger partial charge < -0.3 is 9.74 Å². The summed E-state index contributed by atoms with van der Waals surface area (Å²) < 4.78 is 13.9. The Morgan fingerprint density at radius 2 is 2.10 bits per heavy atom. The lowest BCUT2D eigenvalue weighted by Crippen LogP contribution is -2.42. The lowest BCUT2D eigenvalue weighted by molar-refractivity contribution is -0.143. The average Bonchev–Trinajstić information content (AvgIpc) is 2.97. The summed E-state index contributed by atoms with van der Waals surface area (Å²) >= 11 is 6.01. The molecule has 1 saturated heterocycles.